The van der Waals surface area contributed by atoms with E-state index in [9.17, 15) is 0 Å². The summed E-state index contributed by atoms with van der Waals surface area (Å²) >= 11 is 0. The van der Waals surface area contributed by atoms with Crippen molar-refractivity contribution < 1.29 is 9.47 Å². The quantitative estimate of drug-likeness (QED) is 0.278. The standard InChI is InChI=1S/C29H48O2/c1-3-5-15-31-25-12-8-21(9-13-25)26-18-23-19-29(26)28-17-22(16-27(23)28)20-6-10-24(11-7-20)30-14-4-2/h8,20,22-29H,3-7,9-19H2,1-2H3. The summed E-state index contributed by atoms with van der Waals surface area (Å²) in [7, 11) is 0. The van der Waals surface area contributed by atoms with E-state index in [1.165, 1.54) is 70.6 Å². The van der Waals surface area contributed by atoms with Crippen LogP contribution in [0.15, 0.2) is 11.6 Å². The van der Waals surface area contributed by atoms with Gasteiger partial charge in [0.25, 0.3) is 0 Å². The van der Waals surface area contributed by atoms with Gasteiger partial charge < -0.3 is 9.47 Å². The van der Waals surface area contributed by atoms with Gasteiger partial charge in [-0.2, -0.15) is 0 Å². The van der Waals surface area contributed by atoms with Gasteiger partial charge in [-0.3, -0.25) is 0 Å². The number of hydrogen-bond acceptors (Lipinski definition) is 2. The van der Waals surface area contributed by atoms with Crippen molar-refractivity contribution in [2.45, 2.75) is 116 Å². The van der Waals surface area contributed by atoms with Crippen LogP contribution in [0.5, 0.6) is 0 Å². The summed E-state index contributed by atoms with van der Waals surface area (Å²) in [5, 5.41) is 0. The Morgan fingerprint density at radius 1 is 0.710 bits per heavy atom. The molecule has 5 aliphatic carbocycles. The Morgan fingerprint density at radius 2 is 1.48 bits per heavy atom. The molecular formula is C29H48O2. The van der Waals surface area contributed by atoms with Gasteiger partial charge in [0, 0.05) is 13.2 Å². The molecule has 5 rings (SSSR count). The third kappa shape index (κ3) is 4.81. The molecule has 0 aromatic rings. The molecule has 4 saturated carbocycles. The van der Waals surface area contributed by atoms with Crippen LogP contribution in [0.4, 0.5) is 0 Å². The van der Waals surface area contributed by atoms with E-state index in [0.29, 0.717) is 12.2 Å². The predicted octanol–water partition coefficient (Wildman–Crippen LogP) is 7.57. The van der Waals surface area contributed by atoms with E-state index >= 15 is 0 Å². The van der Waals surface area contributed by atoms with Crippen molar-refractivity contribution >= 4 is 0 Å². The van der Waals surface area contributed by atoms with E-state index in [-0.39, 0.29) is 0 Å². The summed E-state index contributed by atoms with van der Waals surface area (Å²) in [4.78, 5) is 0. The summed E-state index contributed by atoms with van der Waals surface area (Å²) < 4.78 is 12.2. The van der Waals surface area contributed by atoms with Gasteiger partial charge in [0.05, 0.1) is 12.2 Å². The molecule has 0 spiro atoms. The van der Waals surface area contributed by atoms with Crippen LogP contribution in [-0.2, 0) is 9.47 Å². The summed E-state index contributed by atoms with van der Waals surface area (Å²) in [6, 6.07) is 0. The van der Waals surface area contributed by atoms with E-state index in [1.54, 1.807) is 19.3 Å². The lowest BCUT2D eigenvalue weighted by Gasteiger charge is -2.35. The molecule has 176 valence electrons. The molecule has 2 bridgehead atoms. The molecule has 7 unspecified atom stereocenters. The van der Waals surface area contributed by atoms with Crippen LogP contribution in [0.25, 0.3) is 0 Å². The molecule has 0 amide bonds. The molecule has 0 aliphatic heterocycles. The molecule has 0 heterocycles. The molecule has 31 heavy (non-hydrogen) atoms. The van der Waals surface area contributed by atoms with Crippen molar-refractivity contribution in [2.75, 3.05) is 13.2 Å². The number of unbranched alkanes of at least 4 members (excludes halogenated alkanes) is 1. The molecular weight excluding hydrogens is 380 g/mol. The molecule has 2 nitrogen and oxygen atoms in total. The third-order valence-electron chi connectivity index (χ3n) is 10.2. The van der Waals surface area contributed by atoms with Gasteiger partial charge in [-0.1, -0.05) is 31.9 Å². The van der Waals surface area contributed by atoms with Gasteiger partial charge in [0.15, 0.2) is 0 Å². The van der Waals surface area contributed by atoms with E-state index < -0.39 is 0 Å². The van der Waals surface area contributed by atoms with Gasteiger partial charge in [0.1, 0.15) is 0 Å². The molecule has 2 heteroatoms. The lowest BCUT2D eigenvalue weighted by Crippen LogP contribution is -2.27. The Bertz CT molecular complexity index is 604. The van der Waals surface area contributed by atoms with Crippen LogP contribution in [0.1, 0.15) is 104 Å². The van der Waals surface area contributed by atoms with Crippen molar-refractivity contribution in [3.8, 4) is 0 Å². The van der Waals surface area contributed by atoms with Crippen LogP contribution in [0.2, 0.25) is 0 Å². The minimum absolute atomic E-state index is 0.508. The molecule has 0 saturated heterocycles. The van der Waals surface area contributed by atoms with Crippen molar-refractivity contribution in [3.63, 3.8) is 0 Å². The molecule has 0 N–H and O–H groups in total. The average Bonchev–Trinajstić information content (AvgIpc) is 3.51. The zero-order chi connectivity index (χ0) is 21.2. The lowest BCUT2D eigenvalue weighted by molar-refractivity contribution is 0.0111. The first-order valence-corrected chi connectivity index (χ1v) is 14.2. The second-order valence-corrected chi connectivity index (χ2v) is 11.9. The van der Waals surface area contributed by atoms with Crippen LogP contribution in [0.3, 0.4) is 0 Å². The topological polar surface area (TPSA) is 18.5 Å². The fourth-order valence-electron chi connectivity index (χ4n) is 8.65. The Balaban J connectivity index is 1.12. The molecule has 0 radical (unpaired) electrons. The van der Waals surface area contributed by atoms with Crippen LogP contribution < -0.4 is 0 Å². The van der Waals surface area contributed by atoms with Gasteiger partial charge >= 0.3 is 0 Å². The molecule has 0 aromatic carbocycles. The summed E-state index contributed by atoms with van der Waals surface area (Å²) in [5.41, 5.74) is 1.85. The van der Waals surface area contributed by atoms with Crippen molar-refractivity contribution in [3.05, 3.63) is 11.6 Å². The van der Waals surface area contributed by atoms with E-state index in [2.05, 4.69) is 19.9 Å². The van der Waals surface area contributed by atoms with Crippen molar-refractivity contribution in [1.29, 1.82) is 0 Å². The number of rotatable bonds is 9. The second kappa shape index (κ2) is 10.3. The minimum Gasteiger partial charge on any atom is -0.378 e. The summed E-state index contributed by atoms with van der Waals surface area (Å²) in [6.45, 7) is 6.42. The summed E-state index contributed by atoms with van der Waals surface area (Å²) in [5.74, 6) is 7.26. The van der Waals surface area contributed by atoms with Gasteiger partial charge in [0.2, 0.25) is 0 Å². The lowest BCUT2D eigenvalue weighted by atomic mass is 9.71. The molecule has 4 fully saturated rings. The predicted molar refractivity (Wildman–Crippen MR) is 128 cm³/mol. The Hall–Kier alpha value is -0.340. The van der Waals surface area contributed by atoms with Crippen LogP contribution in [0, 0.1) is 41.4 Å². The third-order valence-corrected chi connectivity index (χ3v) is 10.2. The van der Waals surface area contributed by atoms with Crippen LogP contribution >= 0.6 is 0 Å². The van der Waals surface area contributed by atoms with Crippen molar-refractivity contribution in [2.24, 2.45) is 41.4 Å². The van der Waals surface area contributed by atoms with E-state index in [0.717, 1.165) is 54.6 Å². The smallest absolute Gasteiger partial charge is 0.0612 e. The monoisotopic (exact) mass is 428 g/mol. The highest BCUT2D eigenvalue weighted by Crippen LogP contribution is 2.65. The second-order valence-electron chi connectivity index (χ2n) is 11.9. The average molecular weight is 429 g/mol. The van der Waals surface area contributed by atoms with Gasteiger partial charge in [-0.05, 0) is 125 Å². The SMILES string of the molecule is CCCCOC1CC=C(C2CC3CC2C2CC(C4CCC(OCCC)CC4)CC32)CC1. The first kappa shape index (κ1) is 22.5. The normalized spacial score (nSPS) is 44.5. The number of ether oxygens (including phenoxy) is 2. The first-order chi connectivity index (χ1) is 15.3. The summed E-state index contributed by atoms with van der Waals surface area (Å²) in [6.07, 6.45) is 23.0. The van der Waals surface area contributed by atoms with E-state index in [1.807, 2.05) is 5.57 Å². The fourth-order valence-corrected chi connectivity index (χ4v) is 8.65. The molecule has 5 aliphatic rings. The maximum absolute atomic E-state index is 6.12. The largest absolute Gasteiger partial charge is 0.378 e. The van der Waals surface area contributed by atoms with Gasteiger partial charge in [-0.15, -0.1) is 0 Å². The minimum atomic E-state index is 0.508. The highest BCUT2D eigenvalue weighted by atomic mass is 16.5. The number of fused-ring (bicyclic) bond motifs is 5. The van der Waals surface area contributed by atoms with Gasteiger partial charge in [-0.25, -0.2) is 0 Å². The number of hydrogen-bond donors (Lipinski definition) is 0. The zero-order valence-electron chi connectivity index (χ0n) is 20.4. The Kier molecular flexibility index (Phi) is 7.45. The fraction of sp³-hybridized carbons (Fsp3) is 0.931. The molecule has 0 aromatic heterocycles. The van der Waals surface area contributed by atoms with E-state index in [4.69, 9.17) is 9.47 Å². The Labute approximate surface area is 191 Å². The van der Waals surface area contributed by atoms with Crippen LogP contribution in [-0.4, -0.2) is 25.4 Å². The Morgan fingerprint density at radius 3 is 2.23 bits per heavy atom. The maximum Gasteiger partial charge on any atom is 0.0612 e. The molecule has 7 atom stereocenters. The highest BCUT2D eigenvalue weighted by Gasteiger charge is 2.57. The zero-order valence-corrected chi connectivity index (χ0v) is 20.4. The highest BCUT2D eigenvalue weighted by molar-refractivity contribution is 5.19. The first-order valence-electron chi connectivity index (χ1n) is 14.2. The number of allylic oxidation sites excluding steroid dienone is 1. The maximum atomic E-state index is 6.12. The van der Waals surface area contributed by atoms with Crippen molar-refractivity contribution in [1.82, 2.24) is 0 Å².